The Hall–Kier alpha value is -2.63. The van der Waals surface area contributed by atoms with Gasteiger partial charge in [-0.2, -0.15) is 0 Å². The Morgan fingerprint density at radius 1 is 0.382 bits per heavy atom. The lowest BCUT2D eigenvalue weighted by atomic mass is 10.0. The minimum atomic E-state index is -0.803. The molecule has 0 saturated carbocycles. The fourth-order valence-electron chi connectivity index (χ4n) is 6.40. The molecule has 1 atom stereocenters. The molecule has 318 valence electrons. The SMILES string of the molecule is CC/C=C\C/C=C\C/C=C\C/C=C\CCC(=O)OC(COC(=O)CCCCCCC)COC(=O)CCCCCCCCCCCCCCCCCCCCC. The van der Waals surface area contributed by atoms with E-state index in [0.29, 0.717) is 19.3 Å². The highest BCUT2D eigenvalue weighted by atomic mass is 16.6. The van der Waals surface area contributed by atoms with E-state index in [1.807, 2.05) is 12.2 Å². The van der Waals surface area contributed by atoms with E-state index < -0.39 is 12.1 Å². The number of hydrogen-bond acceptors (Lipinski definition) is 6. The maximum absolute atomic E-state index is 12.6. The number of ether oxygens (including phenoxy) is 3. The first kappa shape index (κ1) is 52.4. The summed E-state index contributed by atoms with van der Waals surface area (Å²) in [4.78, 5) is 37.4. The number of esters is 3. The molecular formula is C49H86O6. The van der Waals surface area contributed by atoms with Gasteiger partial charge >= 0.3 is 17.9 Å². The normalized spacial score (nSPS) is 12.4. The zero-order valence-corrected chi connectivity index (χ0v) is 36.2. The smallest absolute Gasteiger partial charge is 0.306 e. The van der Waals surface area contributed by atoms with Gasteiger partial charge in [0.2, 0.25) is 0 Å². The van der Waals surface area contributed by atoms with E-state index in [2.05, 4.69) is 57.2 Å². The molecule has 0 fully saturated rings. The van der Waals surface area contributed by atoms with Crippen molar-refractivity contribution in [2.75, 3.05) is 13.2 Å². The van der Waals surface area contributed by atoms with E-state index >= 15 is 0 Å². The number of allylic oxidation sites excluding steroid dienone is 8. The highest BCUT2D eigenvalue weighted by Crippen LogP contribution is 2.15. The summed E-state index contributed by atoms with van der Waals surface area (Å²) in [6.07, 6.45) is 51.5. The van der Waals surface area contributed by atoms with Gasteiger partial charge in [-0.05, 0) is 44.9 Å². The molecule has 0 aromatic rings. The Labute approximate surface area is 339 Å². The summed E-state index contributed by atoms with van der Waals surface area (Å²) in [6, 6.07) is 0. The van der Waals surface area contributed by atoms with Crippen LogP contribution in [0, 0.1) is 0 Å². The maximum atomic E-state index is 12.6. The monoisotopic (exact) mass is 771 g/mol. The van der Waals surface area contributed by atoms with Crippen LogP contribution in [0.3, 0.4) is 0 Å². The van der Waals surface area contributed by atoms with Crippen molar-refractivity contribution in [2.24, 2.45) is 0 Å². The highest BCUT2D eigenvalue weighted by Gasteiger charge is 2.19. The second kappa shape index (κ2) is 44.1. The summed E-state index contributed by atoms with van der Waals surface area (Å²) < 4.78 is 16.5. The van der Waals surface area contributed by atoms with Crippen LogP contribution in [0.15, 0.2) is 48.6 Å². The molecule has 6 nitrogen and oxygen atoms in total. The van der Waals surface area contributed by atoms with Crippen molar-refractivity contribution in [3.63, 3.8) is 0 Å². The molecule has 0 aromatic heterocycles. The molecule has 0 aliphatic carbocycles. The molecule has 0 aliphatic heterocycles. The Morgan fingerprint density at radius 3 is 1.07 bits per heavy atom. The highest BCUT2D eigenvalue weighted by molar-refractivity contribution is 5.71. The molecule has 0 amide bonds. The summed E-state index contributed by atoms with van der Waals surface area (Å²) in [7, 11) is 0. The average molecular weight is 771 g/mol. The van der Waals surface area contributed by atoms with Crippen molar-refractivity contribution in [2.45, 2.75) is 232 Å². The first-order valence-corrected chi connectivity index (χ1v) is 23.1. The average Bonchev–Trinajstić information content (AvgIpc) is 3.18. The maximum Gasteiger partial charge on any atom is 0.306 e. The van der Waals surface area contributed by atoms with Gasteiger partial charge in [-0.25, -0.2) is 0 Å². The molecule has 0 bridgehead atoms. The summed E-state index contributed by atoms with van der Waals surface area (Å²) in [5.41, 5.74) is 0. The van der Waals surface area contributed by atoms with E-state index in [0.717, 1.165) is 70.6 Å². The number of hydrogen-bond donors (Lipinski definition) is 0. The van der Waals surface area contributed by atoms with Gasteiger partial charge in [-0.1, -0.05) is 211 Å². The van der Waals surface area contributed by atoms with Crippen molar-refractivity contribution in [1.82, 2.24) is 0 Å². The van der Waals surface area contributed by atoms with Crippen molar-refractivity contribution in [3.05, 3.63) is 48.6 Å². The molecule has 0 heterocycles. The predicted octanol–water partition coefficient (Wildman–Crippen LogP) is 14.8. The van der Waals surface area contributed by atoms with E-state index in [1.165, 1.54) is 109 Å². The summed E-state index contributed by atoms with van der Waals surface area (Å²) in [5.74, 6) is -0.995. The molecule has 0 rings (SSSR count). The van der Waals surface area contributed by atoms with Crippen LogP contribution in [-0.2, 0) is 28.6 Å². The van der Waals surface area contributed by atoms with Crippen LogP contribution >= 0.6 is 0 Å². The summed E-state index contributed by atoms with van der Waals surface area (Å²) >= 11 is 0. The van der Waals surface area contributed by atoms with Gasteiger partial charge in [-0.3, -0.25) is 14.4 Å². The van der Waals surface area contributed by atoms with Gasteiger partial charge in [0.25, 0.3) is 0 Å². The number of carbonyl (C=O) groups is 3. The van der Waals surface area contributed by atoms with Crippen LogP contribution in [0.5, 0.6) is 0 Å². The zero-order chi connectivity index (χ0) is 40.1. The molecule has 0 spiro atoms. The fraction of sp³-hybridized carbons (Fsp3) is 0.776. The van der Waals surface area contributed by atoms with Gasteiger partial charge in [0.1, 0.15) is 13.2 Å². The van der Waals surface area contributed by atoms with Gasteiger partial charge in [0.05, 0.1) is 0 Å². The zero-order valence-electron chi connectivity index (χ0n) is 36.2. The molecule has 0 aliphatic rings. The molecule has 0 saturated heterocycles. The first-order valence-electron chi connectivity index (χ1n) is 23.1. The van der Waals surface area contributed by atoms with Crippen LogP contribution in [0.2, 0.25) is 0 Å². The fourth-order valence-corrected chi connectivity index (χ4v) is 6.40. The summed E-state index contributed by atoms with van der Waals surface area (Å²) in [5, 5.41) is 0. The molecule has 55 heavy (non-hydrogen) atoms. The molecule has 6 heteroatoms. The quantitative estimate of drug-likeness (QED) is 0.0267. The summed E-state index contributed by atoms with van der Waals surface area (Å²) in [6.45, 7) is 6.37. The Morgan fingerprint density at radius 2 is 0.709 bits per heavy atom. The molecule has 0 N–H and O–H groups in total. The largest absolute Gasteiger partial charge is 0.462 e. The third-order valence-electron chi connectivity index (χ3n) is 9.86. The number of rotatable bonds is 41. The van der Waals surface area contributed by atoms with Gasteiger partial charge in [0, 0.05) is 19.3 Å². The topological polar surface area (TPSA) is 78.9 Å². The second-order valence-electron chi connectivity index (χ2n) is 15.3. The Kier molecular flexibility index (Phi) is 42.0. The molecule has 0 radical (unpaired) electrons. The Bertz CT molecular complexity index is 980. The standard InChI is InChI=1S/C49H86O6/c1-4-7-10-13-15-17-19-21-22-23-24-25-26-28-29-31-33-36-39-42-48(51)54-45-46(44-53-47(50)41-38-35-12-9-6-3)55-49(52)43-40-37-34-32-30-27-20-18-16-14-11-8-5-2/h8,11,16,18,27,30,34,37,46H,4-7,9-10,12-15,17,19-26,28-29,31-33,35-36,38-45H2,1-3H3/b11-8-,18-16-,30-27-,37-34-. The minimum Gasteiger partial charge on any atom is -0.462 e. The van der Waals surface area contributed by atoms with E-state index in [1.54, 1.807) is 0 Å². The van der Waals surface area contributed by atoms with Crippen LogP contribution in [0.25, 0.3) is 0 Å². The first-order chi connectivity index (χ1) is 27.0. The van der Waals surface area contributed by atoms with Crippen molar-refractivity contribution >= 4 is 17.9 Å². The van der Waals surface area contributed by atoms with Gasteiger partial charge < -0.3 is 14.2 Å². The molecular weight excluding hydrogens is 685 g/mol. The van der Waals surface area contributed by atoms with Crippen LogP contribution < -0.4 is 0 Å². The van der Waals surface area contributed by atoms with E-state index in [4.69, 9.17) is 14.2 Å². The van der Waals surface area contributed by atoms with Crippen molar-refractivity contribution < 1.29 is 28.6 Å². The van der Waals surface area contributed by atoms with E-state index in [9.17, 15) is 14.4 Å². The third kappa shape index (κ3) is 42.4. The predicted molar refractivity (Wildman–Crippen MR) is 233 cm³/mol. The van der Waals surface area contributed by atoms with Crippen LogP contribution in [0.1, 0.15) is 226 Å². The van der Waals surface area contributed by atoms with Gasteiger partial charge in [-0.15, -0.1) is 0 Å². The lowest BCUT2D eigenvalue weighted by Gasteiger charge is -2.18. The van der Waals surface area contributed by atoms with Crippen molar-refractivity contribution in [3.8, 4) is 0 Å². The number of unbranched alkanes of at least 4 members (excludes halogenated alkanes) is 22. The second-order valence-corrected chi connectivity index (χ2v) is 15.3. The van der Waals surface area contributed by atoms with Gasteiger partial charge in [0.15, 0.2) is 6.10 Å². The van der Waals surface area contributed by atoms with Crippen LogP contribution in [-0.4, -0.2) is 37.2 Å². The molecule has 1 unspecified atom stereocenters. The lowest BCUT2D eigenvalue weighted by molar-refractivity contribution is -0.166. The minimum absolute atomic E-state index is 0.0998. The lowest BCUT2D eigenvalue weighted by Crippen LogP contribution is -2.30. The van der Waals surface area contributed by atoms with E-state index in [-0.39, 0.29) is 31.6 Å². The third-order valence-corrected chi connectivity index (χ3v) is 9.86. The van der Waals surface area contributed by atoms with Crippen molar-refractivity contribution in [1.29, 1.82) is 0 Å². The number of carbonyl (C=O) groups excluding carboxylic acids is 3. The molecule has 0 aromatic carbocycles. The Balaban J connectivity index is 4.22. The van der Waals surface area contributed by atoms with Crippen LogP contribution in [0.4, 0.5) is 0 Å².